The minimum Gasteiger partial charge on any atom is -0.329 e. The van der Waals surface area contributed by atoms with Gasteiger partial charge < -0.3 is 5.73 Å². The Hall–Kier alpha value is -1.16. The first-order valence-corrected chi connectivity index (χ1v) is 8.76. The summed E-state index contributed by atoms with van der Waals surface area (Å²) in [6, 6.07) is 13.8. The predicted octanol–water partition coefficient (Wildman–Crippen LogP) is 4.15. The van der Waals surface area contributed by atoms with E-state index in [0.717, 1.165) is 19.0 Å². The van der Waals surface area contributed by atoms with Crippen LogP contribution in [0.5, 0.6) is 0 Å². The second-order valence-corrected chi connectivity index (χ2v) is 6.87. The molecule has 2 aromatic rings. The molecule has 0 spiro atoms. The fourth-order valence-electron chi connectivity index (χ4n) is 2.95. The summed E-state index contributed by atoms with van der Waals surface area (Å²) in [5.41, 5.74) is 8.93. The van der Waals surface area contributed by atoms with E-state index < -0.39 is 0 Å². The molecular weight excluding hydrogens is 276 g/mol. The molecule has 0 amide bonds. The molecule has 1 aromatic carbocycles. The molecule has 1 heterocycles. The largest absolute Gasteiger partial charge is 0.329 e. The van der Waals surface area contributed by atoms with Crippen LogP contribution < -0.4 is 5.73 Å². The highest BCUT2D eigenvalue weighted by Gasteiger charge is 2.24. The van der Waals surface area contributed by atoms with E-state index in [-0.39, 0.29) is 0 Å². The van der Waals surface area contributed by atoms with Crippen molar-refractivity contribution in [3.8, 4) is 0 Å². The molecule has 1 aromatic heterocycles. The SMILES string of the molecule is CCN(Cc1cccs1)C(CN)c1ccc(C2CC2)cc1. The summed E-state index contributed by atoms with van der Waals surface area (Å²) < 4.78 is 0. The number of rotatable bonds is 7. The van der Waals surface area contributed by atoms with Gasteiger partial charge in [0.2, 0.25) is 0 Å². The summed E-state index contributed by atoms with van der Waals surface area (Å²) in [6.45, 7) is 4.89. The van der Waals surface area contributed by atoms with Gasteiger partial charge in [0.05, 0.1) is 0 Å². The number of benzene rings is 1. The highest BCUT2D eigenvalue weighted by Crippen LogP contribution is 2.40. The van der Waals surface area contributed by atoms with Crippen LogP contribution in [0.25, 0.3) is 0 Å². The molecule has 1 saturated carbocycles. The number of thiophene rings is 1. The van der Waals surface area contributed by atoms with Crippen molar-refractivity contribution in [1.29, 1.82) is 0 Å². The van der Waals surface area contributed by atoms with E-state index in [0.29, 0.717) is 12.6 Å². The standard InChI is InChI=1S/C18H24N2S/c1-2-20(13-17-4-3-11-21-17)18(12-19)16-9-7-15(8-10-16)14-5-6-14/h3-4,7-11,14,18H,2,5-6,12-13,19H2,1H3. The van der Waals surface area contributed by atoms with Crippen LogP contribution in [0.3, 0.4) is 0 Å². The molecule has 2 nitrogen and oxygen atoms in total. The average molecular weight is 300 g/mol. The van der Waals surface area contributed by atoms with Crippen LogP contribution in [-0.2, 0) is 6.54 Å². The minimum atomic E-state index is 0.311. The van der Waals surface area contributed by atoms with Gasteiger partial charge in [0.25, 0.3) is 0 Å². The Bertz CT molecular complexity index is 543. The maximum Gasteiger partial charge on any atom is 0.0474 e. The van der Waals surface area contributed by atoms with Crippen LogP contribution in [0.1, 0.15) is 47.7 Å². The van der Waals surface area contributed by atoms with Crippen molar-refractivity contribution >= 4 is 11.3 Å². The second kappa shape index (κ2) is 6.73. The van der Waals surface area contributed by atoms with Gasteiger partial charge in [-0.3, -0.25) is 4.90 Å². The minimum absolute atomic E-state index is 0.311. The number of likely N-dealkylation sites (N-methyl/N-ethyl adjacent to an activating group) is 1. The zero-order chi connectivity index (χ0) is 14.7. The van der Waals surface area contributed by atoms with Gasteiger partial charge in [-0.15, -0.1) is 11.3 Å². The third-order valence-corrected chi connectivity index (χ3v) is 5.24. The molecule has 3 rings (SSSR count). The van der Waals surface area contributed by atoms with Crippen LogP contribution in [0.2, 0.25) is 0 Å². The Morgan fingerprint density at radius 2 is 2.00 bits per heavy atom. The number of nitrogens with zero attached hydrogens (tertiary/aromatic N) is 1. The summed E-state index contributed by atoms with van der Waals surface area (Å²) >= 11 is 1.82. The molecule has 112 valence electrons. The number of nitrogens with two attached hydrogens (primary N) is 1. The maximum atomic E-state index is 6.08. The molecule has 1 unspecified atom stereocenters. The van der Waals surface area contributed by atoms with Crippen molar-refractivity contribution in [2.24, 2.45) is 5.73 Å². The summed E-state index contributed by atoms with van der Waals surface area (Å²) in [4.78, 5) is 3.88. The normalized spacial score (nSPS) is 16.3. The van der Waals surface area contributed by atoms with Crippen molar-refractivity contribution in [3.05, 3.63) is 57.8 Å². The van der Waals surface area contributed by atoms with Gasteiger partial charge in [-0.05, 0) is 47.9 Å². The predicted molar refractivity (Wildman–Crippen MR) is 90.6 cm³/mol. The lowest BCUT2D eigenvalue weighted by molar-refractivity contribution is 0.205. The van der Waals surface area contributed by atoms with E-state index >= 15 is 0 Å². The first kappa shape index (κ1) is 14.8. The molecule has 1 aliphatic rings. The van der Waals surface area contributed by atoms with Gasteiger partial charge in [0.15, 0.2) is 0 Å². The Labute approximate surface area is 131 Å². The van der Waals surface area contributed by atoms with E-state index in [1.807, 2.05) is 11.3 Å². The van der Waals surface area contributed by atoms with Gasteiger partial charge in [-0.25, -0.2) is 0 Å². The van der Waals surface area contributed by atoms with Crippen molar-refractivity contribution in [3.63, 3.8) is 0 Å². The summed E-state index contributed by atoms with van der Waals surface area (Å²) in [6.07, 6.45) is 2.72. The third-order valence-electron chi connectivity index (χ3n) is 4.38. The van der Waals surface area contributed by atoms with E-state index in [4.69, 9.17) is 5.73 Å². The van der Waals surface area contributed by atoms with E-state index in [2.05, 4.69) is 53.6 Å². The summed E-state index contributed by atoms with van der Waals surface area (Å²) in [5.74, 6) is 0.823. The first-order valence-electron chi connectivity index (χ1n) is 7.88. The lowest BCUT2D eigenvalue weighted by Crippen LogP contribution is -2.33. The zero-order valence-electron chi connectivity index (χ0n) is 12.7. The highest BCUT2D eigenvalue weighted by molar-refractivity contribution is 7.09. The summed E-state index contributed by atoms with van der Waals surface area (Å²) in [7, 11) is 0. The van der Waals surface area contributed by atoms with Gasteiger partial charge in [0.1, 0.15) is 0 Å². The molecule has 21 heavy (non-hydrogen) atoms. The fraction of sp³-hybridized carbons (Fsp3) is 0.444. The fourth-order valence-corrected chi connectivity index (χ4v) is 3.68. The third kappa shape index (κ3) is 3.54. The quantitative estimate of drug-likeness (QED) is 0.832. The van der Waals surface area contributed by atoms with Crippen LogP contribution in [-0.4, -0.2) is 18.0 Å². The van der Waals surface area contributed by atoms with Crippen molar-refractivity contribution in [1.82, 2.24) is 4.90 Å². The van der Waals surface area contributed by atoms with Crippen LogP contribution in [0.15, 0.2) is 41.8 Å². The monoisotopic (exact) mass is 300 g/mol. The lowest BCUT2D eigenvalue weighted by atomic mass is 10.0. The van der Waals surface area contributed by atoms with Crippen LogP contribution in [0.4, 0.5) is 0 Å². The molecule has 3 heteroatoms. The highest BCUT2D eigenvalue weighted by atomic mass is 32.1. The van der Waals surface area contributed by atoms with Crippen LogP contribution >= 0.6 is 11.3 Å². The summed E-state index contributed by atoms with van der Waals surface area (Å²) in [5, 5.41) is 2.14. The molecule has 1 atom stereocenters. The zero-order valence-corrected chi connectivity index (χ0v) is 13.5. The van der Waals surface area contributed by atoms with Gasteiger partial charge >= 0.3 is 0 Å². The Balaban J connectivity index is 1.74. The second-order valence-electron chi connectivity index (χ2n) is 5.83. The topological polar surface area (TPSA) is 29.3 Å². The van der Waals surface area contributed by atoms with Gasteiger partial charge in [-0.1, -0.05) is 37.3 Å². The van der Waals surface area contributed by atoms with E-state index in [9.17, 15) is 0 Å². The first-order chi connectivity index (χ1) is 10.3. The average Bonchev–Trinajstić information content (AvgIpc) is 3.25. The molecule has 0 radical (unpaired) electrons. The van der Waals surface area contributed by atoms with E-state index in [1.54, 1.807) is 0 Å². The van der Waals surface area contributed by atoms with Gasteiger partial charge in [0, 0.05) is 24.0 Å². The molecule has 0 aliphatic heterocycles. The maximum absolute atomic E-state index is 6.08. The van der Waals surface area contributed by atoms with Crippen molar-refractivity contribution in [2.45, 2.75) is 38.3 Å². The molecular formula is C18H24N2S. The number of hydrogen-bond donors (Lipinski definition) is 1. The Morgan fingerprint density at radius 1 is 1.24 bits per heavy atom. The number of hydrogen-bond acceptors (Lipinski definition) is 3. The smallest absolute Gasteiger partial charge is 0.0474 e. The van der Waals surface area contributed by atoms with E-state index in [1.165, 1.54) is 28.8 Å². The molecule has 0 bridgehead atoms. The lowest BCUT2D eigenvalue weighted by Gasteiger charge is -2.30. The van der Waals surface area contributed by atoms with Gasteiger partial charge in [-0.2, -0.15) is 0 Å². The van der Waals surface area contributed by atoms with Crippen molar-refractivity contribution in [2.75, 3.05) is 13.1 Å². The Kier molecular flexibility index (Phi) is 4.73. The molecule has 2 N–H and O–H groups in total. The molecule has 0 saturated heterocycles. The Morgan fingerprint density at radius 3 is 2.52 bits per heavy atom. The molecule has 1 aliphatic carbocycles. The van der Waals surface area contributed by atoms with Crippen LogP contribution in [0, 0.1) is 0 Å². The van der Waals surface area contributed by atoms with Crippen molar-refractivity contribution < 1.29 is 0 Å². The molecule has 1 fully saturated rings.